The number of pyridine rings is 2. The van der Waals surface area contributed by atoms with Crippen molar-refractivity contribution < 1.29 is 21.1 Å². The fourth-order valence-electron chi connectivity index (χ4n) is 11.6. The van der Waals surface area contributed by atoms with Crippen LogP contribution in [-0.2, 0) is 31.9 Å². The smallest absolute Gasteiger partial charge is 0.656 e. The normalized spacial score (nSPS) is 12.1. The van der Waals surface area contributed by atoms with E-state index in [1.807, 2.05) is 18.6 Å². The monoisotopic (exact) mass is 1160 g/mol. The summed E-state index contributed by atoms with van der Waals surface area (Å²) in [6, 6.07) is 67.9. The van der Waals surface area contributed by atoms with Crippen molar-refractivity contribution >= 4 is 54.6 Å². The van der Waals surface area contributed by atoms with Gasteiger partial charge in [-0.15, -0.1) is 34.8 Å². The zero-order chi connectivity index (χ0) is 51.3. The van der Waals surface area contributed by atoms with Gasteiger partial charge in [-0.2, -0.15) is 0 Å². The molecule has 5 heterocycles. The van der Waals surface area contributed by atoms with Crippen LogP contribution in [-0.4, -0.2) is 24.1 Å². The van der Waals surface area contributed by atoms with Gasteiger partial charge in [0.05, 0.1) is 11.0 Å². The van der Waals surface area contributed by atoms with Gasteiger partial charge in [-0.05, 0) is 152 Å². The second kappa shape index (κ2) is 18.6. The van der Waals surface area contributed by atoms with Crippen LogP contribution in [0.4, 0.5) is 0 Å². The van der Waals surface area contributed by atoms with E-state index >= 15 is 0 Å². The van der Waals surface area contributed by atoms with Crippen molar-refractivity contribution in [1.29, 1.82) is 0 Å². The summed E-state index contributed by atoms with van der Waals surface area (Å²) in [5.74, 6) is 1.68. The summed E-state index contributed by atoms with van der Waals surface area (Å²) in [5, 5.41) is 4.50. The Labute approximate surface area is 458 Å². The fourth-order valence-corrected chi connectivity index (χ4v) is 11.6. The SMILES string of the molecule is Cc1ccnc(-n2c3[c-]c(-c4cc(C(C)(C)c5ccccc5)cc5c4nc(-c4ccc(-c6ccncc6)c6c4[n-]c4ccccc46)n5-c4cc(C)c(-c5ccccc5)c(C)c4)ccc3c3cc(C(C)(C)C)ccc32)c1.[Pt+2]. The molecule has 0 unspecified atom stereocenters. The molecule has 13 aromatic rings. The molecule has 0 aliphatic carbocycles. The van der Waals surface area contributed by atoms with Gasteiger partial charge in [0.1, 0.15) is 11.6 Å². The van der Waals surface area contributed by atoms with Gasteiger partial charge in [0.25, 0.3) is 0 Å². The molecule has 0 bridgehead atoms. The topological polar surface area (TPSA) is 62.6 Å². The molecule has 0 saturated heterocycles. The molecule has 0 saturated carbocycles. The first-order valence-corrected chi connectivity index (χ1v) is 25.9. The molecular formula is C69H56N6Pt. The Hall–Kier alpha value is -8.18. The minimum atomic E-state index is -0.402. The van der Waals surface area contributed by atoms with Gasteiger partial charge < -0.3 is 9.55 Å². The Kier molecular flexibility index (Phi) is 11.9. The third-order valence-electron chi connectivity index (χ3n) is 15.6. The molecular weight excluding hydrogens is 1110 g/mol. The van der Waals surface area contributed by atoms with E-state index in [4.69, 9.17) is 15.0 Å². The van der Waals surface area contributed by atoms with Crippen LogP contribution >= 0.6 is 0 Å². The van der Waals surface area contributed by atoms with Crippen LogP contribution in [0, 0.1) is 26.8 Å². The first-order valence-electron chi connectivity index (χ1n) is 25.9. The summed E-state index contributed by atoms with van der Waals surface area (Å²) in [6.07, 6.45) is 5.63. The van der Waals surface area contributed by atoms with Gasteiger partial charge in [-0.3, -0.25) is 9.55 Å². The number of para-hydroxylation sites is 1. The number of imidazole rings is 1. The molecule has 372 valence electrons. The van der Waals surface area contributed by atoms with E-state index in [0.29, 0.717) is 0 Å². The van der Waals surface area contributed by atoms with E-state index < -0.39 is 5.41 Å². The zero-order valence-electron chi connectivity index (χ0n) is 44.0. The standard InChI is InChI=1S/C69H56N6.Pt/c1-42-29-34-71-62(35-42)75-59-28-24-49(68(4,5)6)39-57(59)53-25-23-47(38-60(53)75)56-40-50(69(7,8)48-19-13-10-14-20-48)41-61-65(56)73-67(74(61)51-36-43(2)63(44(3)37-51)46-17-11-9-12-18-46)55-27-26-52(45-30-32-70-33-31-45)64-54-21-15-16-22-58(54)72-66(55)64;/h9-37,39-41H,1-8H3;/q-2;+2. The Morgan fingerprint density at radius 3 is 1.97 bits per heavy atom. The summed E-state index contributed by atoms with van der Waals surface area (Å²) < 4.78 is 4.69. The van der Waals surface area contributed by atoms with Crippen molar-refractivity contribution in [3.8, 4) is 56.3 Å². The Morgan fingerprint density at radius 1 is 0.526 bits per heavy atom. The molecule has 6 nitrogen and oxygen atoms in total. The predicted octanol–water partition coefficient (Wildman–Crippen LogP) is 17.2. The van der Waals surface area contributed by atoms with Crippen LogP contribution in [0.5, 0.6) is 0 Å². The van der Waals surface area contributed by atoms with Crippen LogP contribution in [0.3, 0.4) is 0 Å². The molecule has 0 spiro atoms. The van der Waals surface area contributed by atoms with Crippen molar-refractivity contribution in [2.45, 2.75) is 66.2 Å². The molecule has 5 aromatic heterocycles. The summed E-state index contributed by atoms with van der Waals surface area (Å²) in [5.41, 5.74) is 21.1. The molecule has 0 radical (unpaired) electrons. The molecule has 7 heteroatoms. The number of hydrogen-bond acceptors (Lipinski definition) is 3. The number of nitrogens with zero attached hydrogens (tertiary/aromatic N) is 6. The summed E-state index contributed by atoms with van der Waals surface area (Å²) in [7, 11) is 0. The quantitative estimate of drug-likeness (QED) is 0.142. The molecule has 0 fully saturated rings. The van der Waals surface area contributed by atoms with E-state index in [9.17, 15) is 0 Å². The van der Waals surface area contributed by atoms with Crippen molar-refractivity contribution in [2.75, 3.05) is 0 Å². The molecule has 8 aromatic carbocycles. The zero-order valence-corrected chi connectivity index (χ0v) is 46.2. The van der Waals surface area contributed by atoms with E-state index in [-0.39, 0.29) is 26.5 Å². The Bertz CT molecular complexity index is 4360. The fraction of sp³-hybridized carbons (Fsp3) is 0.145. The molecule has 0 atom stereocenters. The first kappa shape index (κ1) is 48.7. The summed E-state index contributed by atoms with van der Waals surface area (Å²) in [6.45, 7) is 18.1. The number of hydrogen-bond donors (Lipinski definition) is 0. The van der Waals surface area contributed by atoms with Gasteiger partial charge in [-0.1, -0.05) is 161 Å². The molecule has 0 aliphatic heterocycles. The minimum absolute atomic E-state index is 0. The van der Waals surface area contributed by atoms with Crippen LogP contribution < -0.4 is 4.98 Å². The summed E-state index contributed by atoms with van der Waals surface area (Å²) >= 11 is 0. The van der Waals surface area contributed by atoms with Gasteiger partial charge in [0.15, 0.2) is 0 Å². The van der Waals surface area contributed by atoms with E-state index in [1.54, 1.807) is 0 Å². The Balaban J connectivity index is 0.00000582. The second-order valence-corrected chi connectivity index (χ2v) is 21.9. The maximum Gasteiger partial charge on any atom is 2.00 e. The largest absolute Gasteiger partial charge is 2.00 e. The van der Waals surface area contributed by atoms with Gasteiger partial charge in [0, 0.05) is 40.8 Å². The predicted molar refractivity (Wildman–Crippen MR) is 311 cm³/mol. The van der Waals surface area contributed by atoms with Gasteiger partial charge in [-0.25, -0.2) is 9.97 Å². The first-order chi connectivity index (χ1) is 36.3. The average molecular weight is 1160 g/mol. The molecule has 0 aliphatic rings. The van der Waals surface area contributed by atoms with Crippen molar-refractivity contribution in [2.24, 2.45) is 0 Å². The van der Waals surface area contributed by atoms with Gasteiger partial charge in [0.2, 0.25) is 0 Å². The number of fused-ring (bicyclic) bond motifs is 7. The van der Waals surface area contributed by atoms with Crippen molar-refractivity contribution in [1.82, 2.24) is 29.1 Å². The number of rotatable bonds is 8. The van der Waals surface area contributed by atoms with Crippen molar-refractivity contribution in [3.63, 3.8) is 0 Å². The minimum Gasteiger partial charge on any atom is -0.656 e. The van der Waals surface area contributed by atoms with E-state index in [1.165, 1.54) is 38.8 Å². The Morgan fingerprint density at radius 2 is 1.24 bits per heavy atom. The average Bonchev–Trinajstić information content (AvgIpc) is 4.30. The molecule has 76 heavy (non-hydrogen) atoms. The van der Waals surface area contributed by atoms with Crippen LogP contribution in [0.2, 0.25) is 0 Å². The van der Waals surface area contributed by atoms with Crippen LogP contribution in [0.15, 0.2) is 195 Å². The maximum absolute atomic E-state index is 5.92. The van der Waals surface area contributed by atoms with E-state index in [0.717, 1.165) is 106 Å². The second-order valence-electron chi connectivity index (χ2n) is 21.9. The van der Waals surface area contributed by atoms with Crippen LogP contribution in [0.1, 0.15) is 68.0 Å². The molecule has 0 amide bonds. The van der Waals surface area contributed by atoms with Crippen LogP contribution in [0.25, 0.3) is 111 Å². The molecule has 0 N–H and O–H groups in total. The number of aryl methyl sites for hydroxylation is 3. The maximum atomic E-state index is 5.92. The molecule has 13 rings (SSSR count). The third kappa shape index (κ3) is 8.01. The summed E-state index contributed by atoms with van der Waals surface area (Å²) in [4.78, 5) is 20.8. The number of benzene rings is 8. The van der Waals surface area contributed by atoms with Gasteiger partial charge >= 0.3 is 21.1 Å². The number of aromatic nitrogens is 6. The van der Waals surface area contributed by atoms with E-state index in [2.05, 4.69) is 251 Å². The van der Waals surface area contributed by atoms with Crippen molar-refractivity contribution in [3.05, 3.63) is 234 Å². The third-order valence-corrected chi connectivity index (χ3v) is 15.6.